The van der Waals surface area contributed by atoms with Gasteiger partial charge in [0, 0.05) is 0 Å². The summed E-state index contributed by atoms with van der Waals surface area (Å²) < 4.78 is 18.1. The molecule has 0 N–H and O–H groups in total. The normalized spacial score (nSPS) is 15.2. The van der Waals surface area contributed by atoms with Crippen LogP contribution in [0.5, 0.6) is 11.5 Å². The fraction of sp³-hybridized carbons (Fsp3) is 0.231. The summed E-state index contributed by atoms with van der Waals surface area (Å²) >= 11 is 1.23. The molecule has 9 heteroatoms. The van der Waals surface area contributed by atoms with E-state index in [-0.39, 0.29) is 17.7 Å². The molecule has 8 nitrogen and oxygen atoms in total. The fourth-order valence-corrected chi connectivity index (χ4v) is 4.98. The van der Waals surface area contributed by atoms with E-state index >= 15 is 0 Å². The summed E-state index contributed by atoms with van der Waals surface area (Å²) in [6.45, 7) is 3.65. The topological polar surface area (TPSA) is 103 Å². The molecular weight excluding hydrogens is 466 g/mol. The first-order valence-corrected chi connectivity index (χ1v) is 11.6. The summed E-state index contributed by atoms with van der Waals surface area (Å²) in [5.74, 6) is 0.473. The van der Waals surface area contributed by atoms with Crippen molar-refractivity contribution in [1.82, 2.24) is 4.57 Å². The predicted octanol–water partition coefficient (Wildman–Crippen LogP) is 2.69. The van der Waals surface area contributed by atoms with Gasteiger partial charge in [-0.25, -0.2) is 9.79 Å². The second-order valence-electron chi connectivity index (χ2n) is 7.65. The third kappa shape index (κ3) is 4.48. The Morgan fingerprint density at radius 2 is 1.89 bits per heavy atom. The van der Waals surface area contributed by atoms with Crippen molar-refractivity contribution in [1.29, 1.82) is 5.26 Å². The quantitative estimate of drug-likeness (QED) is 0.494. The molecule has 1 aliphatic rings. The van der Waals surface area contributed by atoms with Crippen LogP contribution in [0.15, 0.2) is 63.5 Å². The molecule has 0 unspecified atom stereocenters. The Hall–Kier alpha value is -4.16. The van der Waals surface area contributed by atoms with E-state index in [1.54, 1.807) is 62.4 Å². The minimum Gasteiger partial charge on any atom is -0.493 e. The maximum atomic E-state index is 13.6. The van der Waals surface area contributed by atoms with Crippen molar-refractivity contribution in [2.24, 2.45) is 4.99 Å². The van der Waals surface area contributed by atoms with E-state index in [0.29, 0.717) is 37.7 Å². The molecule has 0 bridgehead atoms. The van der Waals surface area contributed by atoms with E-state index in [1.165, 1.54) is 30.1 Å². The van der Waals surface area contributed by atoms with Crippen LogP contribution in [-0.2, 0) is 9.53 Å². The van der Waals surface area contributed by atoms with E-state index in [2.05, 4.69) is 11.1 Å². The third-order valence-electron chi connectivity index (χ3n) is 5.58. The first kappa shape index (κ1) is 24.0. The second kappa shape index (κ2) is 9.99. The minimum absolute atomic E-state index is 0.192. The Balaban J connectivity index is 1.95. The predicted molar refractivity (Wildman–Crippen MR) is 131 cm³/mol. The molecule has 35 heavy (non-hydrogen) atoms. The van der Waals surface area contributed by atoms with E-state index in [1.807, 2.05) is 0 Å². The SMILES string of the molecule is CCOC(=O)C1=C(C)N=c2s/c(=C/c3ccc(C#N)cc3)c(=O)n2[C@H]1c1ccc(OC)c(OC)c1. The van der Waals surface area contributed by atoms with Crippen LogP contribution in [-0.4, -0.2) is 31.4 Å². The highest BCUT2D eigenvalue weighted by molar-refractivity contribution is 7.07. The zero-order chi connectivity index (χ0) is 25.1. The van der Waals surface area contributed by atoms with Gasteiger partial charge in [0.2, 0.25) is 0 Å². The molecule has 1 atom stereocenters. The number of hydrogen-bond donors (Lipinski definition) is 0. The molecule has 178 valence electrons. The van der Waals surface area contributed by atoms with Crippen molar-refractivity contribution in [2.45, 2.75) is 19.9 Å². The Morgan fingerprint density at radius 3 is 2.51 bits per heavy atom. The van der Waals surface area contributed by atoms with E-state index in [4.69, 9.17) is 19.5 Å². The van der Waals surface area contributed by atoms with Crippen molar-refractivity contribution in [3.05, 3.63) is 90.1 Å². The molecular formula is C26H23N3O5S. The molecule has 0 saturated carbocycles. The summed E-state index contributed by atoms with van der Waals surface area (Å²) in [6.07, 6.45) is 1.75. The molecule has 0 saturated heterocycles. The number of allylic oxidation sites excluding steroid dienone is 1. The van der Waals surface area contributed by atoms with Crippen LogP contribution in [0, 0.1) is 11.3 Å². The monoisotopic (exact) mass is 489 g/mol. The van der Waals surface area contributed by atoms with E-state index in [9.17, 15) is 9.59 Å². The van der Waals surface area contributed by atoms with Crippen molar-refractivity contribution in [3.63, 3.8) is 0 Å². The lowest BCUT2D eigenvalue weighted by atomic mass is 9.95. The molecule has 3 aromatic rings. The van der Waals surface area contributed by atoms with E-state index < -0.39 is 12.0 Å². The van der Waals surface area contributed by atoms with Gasteiger partial charge in [-0.3, -0.25) is 9.36 Å². The van der Waals surface area contributed by atoms with Crippen molar-refractivity contribution < 1.29 is 19.0 Å². The number of nitrogens with zero attached hydrogens (tertiary/aromatic N) is 3. The zero-order valence-electron chi connectivity index (χ0n) is 19.7. The summed E-state index contributed by atoms with van der Waals surface area (Å²) in [5.41, 5.74) is 2.45. The average Bonchev–Trinajstić information content (AvgIpc) is 3.17. The first-order valence-electron chi connectivity index (χ1n) is 10.8. The number of carbonyl (C=O) groups is 1. The van der Waals surface area contributed by atoms with Gasteiger partial charge in [0.05, 0.1) is 54.3 Å². The highest BCUT2D eigenvalue weighted by Crippen LogP contribution is 2.36. The fourth-order valence-electron chi connectivity index (χ4n) is 3.94. The standard InChI is InChI=1S/C26H23N3O5S/c1-5-34-25(31)22-15(2)28-26-29(23(22)18-10-11-19(32-3)20(13-18)33-4)24(30)21(35-26)12-16-6-8-17(14-27)9-7-16/h6-13,23H,5H2,1-4H3/b21-12+/t23-/m0/s1. The zero-order valence-corrected chi connectivity index (χ0v) is 20.5. The molecule has 0 aliphatic carbocycles. The number of hydrogen-bond acceptors (Lipinski definition) is 8. The molecule has 1 aliphatic heterocycles. The largest absolute Gasteiger partial charge is 0.493 e. The van der Waals surface area contributed by atoms with Crippen LogP contribution < -0.4 is 24.4 Å². The van der Waals surface area contributed by atoms with Gasteiger partial charge in [-0.05, 0) is 55.3 Å². The number of nitriles is 1. The van der Waals surface area contributed by atoms with Gasteiger partial charge in [0.25, 0.3) is 5.56 Å². The lowest BCUT2D eigenvalue weighted by Gasteiger charge is -2.25. The average molecular weight is 490 g/mol. The second-order valence-corrected chi connectivity index (χ2v) is 8.66. The number of thiazole rings is 1. The van der Waals surface area contributed by atoms with Gasteiger partial charge in [-0.15, -0.1) is 0 Å². The minimum atomic E-state index is -0.756. The number of rotatable bonds is 6. The van der Waals surface area contributed by atoms with Crippen LogP contribution in [0.1, 0.15) is 36.6 Å². The van der Waals surface area contributed by atoms with Gasteiger partial charge in [-0.2, -0.15) is 5.26 Å². The number of fused-ring (bicyclic) bond motifs is 1. The number of esters is 1. The van der Waals surface area contributed by atoms with Crippen LogP contribution in [0.2, 0.25) is 0 Å². The maximum Gasteiger partial charge on any atom is 0.338 e. The summed E-state index contributed by atoms with van der Waals surface area (Å²) in [6, 6.07) is 13.5. The Labute approximate surface area is 205 Å². The molecule has 2 heterocycles. The van der Waals surface area contributed by atoms with Gasteiger partial charge in [0.15, 0.2) is 16.3 Å². The number of ether oxygens (including phenoxy) is 3. The Kier molecular flexibility index (Phi) is 6.85. The maximum absolute atomic E-state index is 13.6. The van der Waals surface area contributed by atoms with E-state index in [0.717, 1.165) is 5.56 Å². The van der Waals surface area contributed by atoms with Crippen LogP contribution in [0.4, 0.5) is 0 Å². The van der Waals surface area contributed by atoms with Crippen LogP contribution in [0.3, 0.4) is 0 Å². The number of methoxy groups -OCH3 is 2. The molecule has 1 aromatic heterocycles. The molecule has 0 radical (unpaired) electrons. The molecule has 0 amide bonds. The molecule has 4 rings (SSSR count). The third-order valence-corrected chi connectivity index (χ3v) is 6.56. The van der Waals surface area contributed by atoms with Crippen LogP contribution in [0.25, 0.3) is 6.08 Å². The van der Waals surface area contributed by atoms with Gasteiger partial charge < -0.3 is 14.2 Å². The summed E-state index contributed by atoms with van der Waals surface area (Å²) in [7, 11) is 3.07. The summed E-state index contributed by atoms with van der Waals surface area (Å²) in [5, 5.41) is 9.03. The van der Waals surface area contributed by atoms with Gasteiger partial charge >= 0.3 is 5.97 Å². The summed E-state index contributed by atoms with van der Waals surface area (Å²) in [4.78, 5) is 31.7. The van der Waals surface area contributed by atoms with Gasteiger partial charge in [-0.1, -0.05) is 29.5 Å². The first-order chi connectivity index (χ1) is 16.9. The van der Waals surface area contributed by atoms with Crippen molar-refractivity contribution in [2.75, 3.05) is 20.8 Å². The van der Waals surface area contributed by atoms with Crippen molar-refractivity contribution in [3.8, 4) is 17.6 Å². The smallest absolute Gasteiger partial charge is 0.338 e. The highest BCUT2D eigenvalue weighted by Gasteiger charge is 2.33. The number of benzene rings is 2. The molecule has 0 fully saturated rings. The van der Waals surface area contributed by atoms with Crippen LogP contribution >= 0.6 is 11.3 Å². The molecule has 2 aromatic carbocycles. The Bertz CT molecular complexity index is 1540. The lowest BCUT2D eigenvalue weighted by Crippen LogP contribution is -2.39. The number of aromatic nitrogens is 1. The lowest BCUT2D eigenvalue weighted by molar-refractivity contribution is -0.139. The molecule has 0 spiro atoms. The number of carbonyl (C=O) groups excluding carboxylic acids is 1. The Morgan fingerprint density at radius 1 is 1.17 bits per heavy atom. The van der Waals surface area contributed by atoms with Gasteiger partial charge in [0.1, 0.15) is 0 Å². The van der Waals surface area contributed by atoms with Crippen molar-refractivity contribution >= 4 is 23.4 Å². The highest BCUT2D eigenvalue weighted by atomic mass is 32.1.